The van der Waals surface area contributed by atoms with Gasteiger partial charge in [0.15, 0.2) is 17.3 Å². The second kappa shape index (κ2) is 6.79. The number of aromatic nitrogens is 2. The van der Waals surface area contributed by atoms with Gasteiger partial charge in [0.1, 0.15) is 18.1 Å². The number of Topliss-reactive ketones (excluding diaryl/α,β-unsaturated/α-hetero) is 1. The van der Waals surface area contributed by atoms with Gasteiger partial charge in [0.2, 0.25) is 0 Å². The molecule has 3 heterocycles. The van der Waals surface area contributed by atoms with E-state index in [0.29, 0.717) is 61.1 Å². The van der Waals surface area contributed by atoms with Crippen LogP contribution in [0.3, 0.4) is 0 Å². The number of rotatable bonds is 3. The monoisotopic (exact) mass is 359 g/mol. The van der Waals surface area contributed by atoms with Gasteiger partial charge in [-0.2, -0.15) is 0 Å². The lowest BCUT2D eigenvalue weighted by atomic mass is 9.88. The largest absolute Gasteiger partial charge is 0.486 e. The second-order valence-corrected chi connectivity index (χ2v) is 6.86. The molecule has 0 atom stereocenters. The van der Waals surface area contributed by atoms with Gasteiger partial charge in [-0.05, 0) is 42.6 Å². The number of ether oxygens (including phenoxy) is 2. The van der Waals surface area contributed by atoms with E-state index in [1.165, 1.54) is 6.20 Å². The van der Waals surface area contributed by atoms with Crippen LogP contribution in [0, 0.1) is 5.92 Å². The van der Waals surface area contributed by atoms with E-state index in [2.05, 4.69) is 9.59 Å². The zero-order chi connectivity index (χ0) is 17.2. The van der Waals surface area contributed by atoms with Gasteiger partial charge in [0, 0.05) is 24.6 Å². The first-order chi connectivity index (χ1) is 12.2. The van der Waals surface area contributed by atoms with Crippen LogP contribution in [0.2, 0.25) is 0 Å². The number of carbonyl (C=O) groups is 2. The third kappa shape index (κ3) is 3.21. The highest BCUT2D eigenvalue weighted by Gasteiger charge is 2.29. The Morgan fingerprint density at radius 3 is 2.60 bits per heavy atom. The van der Waals surface area contributed by atoms with E-state index in [1.807, 2.05) is 0 Å². The van der Waals surface area contributed by atoms with Crippen LogP contribution < -0.4 is 9.47 Å². The fraction of sp³-hybridized carbons (Fsp3) is 0.412. The summed E-state index contributed by atoms with van der Waals surface area (Å²) in [7, 11) is 0. The first-order valence-corrected chi connectivity index (χ1v) is 9.00. The van der Waals surface area contributed by atoms with Gasteiger partial charge >= 0.3 is 0 Å². The molecule has 8 heteroatoms. The Balaban J connectivity index is 1.40. The number of fused-ring (bicyclic) bond motifs is 1. The Bertz CT molecular complexity index is 785. The minimum Gasteiger partial charge on any atom is -0.486 e. The predicted molar refractivity (Wildman–Crippen MR) is 90.3 cm³/mol. The van der Waals surface area contributed by atoms with Gasteiger partial charge in [-0.3, -0.25) is 9.59 Å². The van der Waals surface area contributed by atoms with Gasteiger partial charge in [0.25, 0.3) is 5.91 Å². The van der Waals surface area contributed by atoms with E-state index in [0.717, 1.165) is 11.5 Å². The zero-order valence-electron chi connectivity index (χ0n) is 13.5. The number of nitrogens with zero attached hydrogens (tertiary/aromatic N) is 3. The van der Waals surface area contributed by atoms with Gasteiger partial charge < -0.3 is 14.4 Å². The topological polar surface area (TPSA) is 81.6 Å². The summed E-state index contributed by atoms with van der Waals surface area (Å²) in [6.45, 7) is 2.16. The molecule has 2 aliphatic rings. The normalized spacial score (nSPS) is 17.4. The Morgan fingerprint density at radius 2 is 1.88 bits per heavy atom. The Morgan fingerprint density at radius 1 is 1.12 bits per heavy atom. The van der Waals surface area contributed by atoms with E-state index in [4.69, 9.17) is 9.47 Å². The molecule has 1 amide bonds. The predicted octanol–water partition coefficient (Wildman–Crippen LogP) is 2.04. The number of likely N-dealkylation sites (tertiary alicyclic amines) is 1. The van der Waals surface area contributed by atoms with E-state index in [-0.39, 0.29) is 17.6 Å². The van der Waals surface area contributed by atoms with Crippen LogP contribution in [0.5, 0.6) is 11.5 Å². The van der Waals surface area contributed by atoms with Gasteiger partial charge in [-0.1, -0.05) is 4.49 Å². The highest BCUT2D eigenvalue weighted by atomic mass is 32.1. The minimum atomic E-state index is -0.0776. The molecular formula is C17H17N3O4S. The van der Waals surface area contributed by atoms with Crippen molar-refractivity contribution >= 4 is 23.2 Å². The van der Waals surface area contributed by atoms with Crippen LogP contribution in [-0.4, -0.2) is 52.5 Å². The van der Waals surface area contributed by atoms with Gasteiger partial charge in [0.05, 0.1) is 6.20 Å². The molecule has 0 unspecified atom stereocenters. The first-order valence-electron chi connectivity index (χ1n) is 8.23. The van der Waals surface area contributed by atoms with Crippen molar-refractivity contribution in [1.82, 2.24) is 14.5 Å². The fourth-order valence-electron chi connectivity index (χ4n) is 3.19. The van der Waals surface area contributed by atoms with E-state index >= 15 is 0 Å². The number of ketones is 1. The Kier molecular flexibility index (Phi) is 4.35. The lowest BCUT2D eigenvalue weighted by Crippen LogP contribution is -2.40. The Labute approximate surface area is 148 Å². The van der Waals surface area contributed by atoms with E-state index < -0.39 is 0 Å². The molecule has 0 bridgehead atoms. The molecule has 25 heavy (non-hydrogen) atoms. The summed E-state index contributed by atoms with van der Waals surface area (Å²) >= 11 is 1.10. The molecule has 7 nitrogen and oxygen atoms in total. The molecule has 0 spiro atoms. The van der Waals surface area contributed by atoms with Crippen molar-refractivity contribution in [2.45, 2.75) is 12.8 Å². The molecule has 1 aromatic carbocycles. The lowest BCUT2D eigenvalue weighted by molar-refractivity contribution is 0.0654. The summed E-state index contributed by atoms with van der Waals surface area (Å²) in [6, 6.07) is 5.34. The summed E-state index contributed by atoms with van der Waals surface area (Å²) in [6.07, 6.45) is 2.80. The van der Waals surface area contributed by atoms with Crippen LogP contribution in [0.4, 0.5) is 0 Å². The molecule has 0 aliphatic carbocycles. The highest BCUT2D eigenvalue weighted by molar-refractivity contribution is 7.07. The molecule has 0 N–H and O–H groups in total. The van der Waals surface area contributed by atoms with Crippen molar-refractivity contribution < 1.29 is 19.1 Å². The van der Waals surface area contributed by atoms with Crippen molar-refractivity contribution in [3.8, 4) is 11.5 Å². The molecule has 0 saturated carbocycles. The standard InChI is InChI=1S/C17H17N3O4S/c21-16(12-1-2-13-14(9-12)24-8-7-23-13)11-3-5-20(6-4-11)17(22)15-10-18-19-25-15/h1-2,9-11H,3-8H2. The molecule has 0 radical (unpaired) electrons. The first kappa shape index (κ1) is 16.0. The van der Waals surface area contributed by atoms with E-state index in [1.54, 1.807) is 23.1 Å². The molecule has 2 aliphatic heterocycles. The average Bonchev–Trinajstić information content (AvgIpc) is 3.21. The molecule has 1 fully saturated rings. The maximum absolute atomic E-state index is 12.8. The molecule has 1 saturated heterocycles. The maximum Gasteiger partial charge on any atom is 0.267 e. The van der Waals surface area contributed by atoms with Crippen molar-refractivity contribution in [2.75, 3.05) is 26.3 Å². The third-order valence-electron chi connectivity index (χ3n) is 4.55. The van der Waals surface area contributed by atoms with Crippen molar-refractivity contribution in [1.29, 1.82) is 0 Å². The number of amides is 1. The summed E-state index contributed by atoms with van der Waals surface area (Å²) in [5.74, 6) is 1.28. The third-order valence-corrected chi connectivity index (χ3v) is 5.20. The smallest absolute Gasteiger partial charge is 0.267 e. The summed E-state index contributed by atoms with van der Waals surface area (Å²) in [5.41, 5.74) is 0.640. The van der Waals surface area contributed by atoms with Crippen molar-refractivity contribution in [2.24, 2.45) is 5.92 Å². The Hall–Kier alpha value is -2.48. The fourth-order valence-corrected chi connectivity index (χ4v) is 3.68. The SMILES string of the molecule is O=C(c1ccc2c(c1)OCCO2)C1CCN(C(=O)c2cnns2)CC1. The summed E-state index contributed by atoms with van der Waals surface area (Å²) in [5, 5.41) is 3.70. The quantitative estimate of drug-likeness (QED) is 0.780. The zero-order valence-corrected chi connectivity index (χ0v) is 14.3. The van der Waals surface area contributed by atoms with Crippen molar-refractivity contribution in [3.63, 3.8) is 0 Å². The van der Waals surface area contributed by atoms with Crippen LogP contribution in [-0.2, 0) is 0 Å². The summed E-state index contributed by atoms with van der Waals surface area (Å²) in [4.78, 5) is 27.4. The molecule has 1 aromatic heterocycles. The highest BCUT2D eigenvalue weighted by Crippen LogP contribution is 2.32. The number of carbonyl (C=O) groups excluding carboxylic acids is 2. The number of benzene rings is 1. The maximum atomic E-state index is 12.8. The van der Waals surface area contributed by atoms with E-state index in [9.17, 15) is 9.59 Å². The summed E-state index contributed by atoms with van der Waals surface area (Å²) < 4.78 is 14.8. The lowest BCUT2D eigenvalue weighted by Gasteiger charge is -2.31. The van der Waals surface area contributed by atoms with Crippen LogP contribution >= 0.6 is 11.5 Å². The number of hydrogen-bond donors (Lipinski definition) is 0. The van der Waals surface area contributed by atoms with Crippen molar-refractivity contribution in [3.05, 3.63) is 34.8 Å². The second-order valence-electron chi connectivity index (χ2n) is 6.07. The molecule has 2 aromatic rings. The molecular weight excluding hydrogens is 342 g/mol. The van der Waals surface area contributed by atoms with Crippen LogP contribution in [0.1, 0.15) is 32.9 Å². The number of piperidine rings is 1. The average molecular weight is 359 g/mol. The minimum absolute atomic E-state index is 0.0553. The van der Waals surface area contributed by atoms with Gasteiger partial charge in [-0.15, -0.1) is 5.10 Å². The van der Waals surface area contributed by atoms with Crippen LogP contribution in [0.25, 0.3) is 0 Å². The number of hydrogen-bond acceptors (Lipinski definition) is 7. The molecule has 130 valence electrons. The van der Waals surface area contributed by atoms with Crippen LogP contribution in [0.15, 0.2) is 24.4 Å². The van der Waals surface area contributed by atoms with Gasteiger partial charge in [-0.25, -0.2) is 0 Å². The molecule has 4 rings (SSSR count).